The van der Waals surface area contributed by atoms with Crippen molar-refractivity contribution in [3.8, 4) is 5.75 Å². The maximum Gasteiger partial charge on any atom is 0.419 e. The van der Waals surface area contributed by atoms with Gasteiger partial charge in [-0.3, -0.25) is 9.48 Å². The fourth-order valence-electron chi connectivity index (χ4n) is 4.57. The number of benzene rings is 3. The molecule has 3 aromatic carbocycles. The summed E-state index contributed by atoms with van der Waals surface area (Å²) in [6.07, 6.45) is -2.42. The van der Waals surface area contributed by atoms with E-state index in [1.165, 1.54) is 0 Å². The molecule has 2 heterocycles. The van der Waals surface area contributed by atoms with E-state index in [-0.39, 0.29) is 31.6 Å². The van der Waals surface area contributed by atoms with Crippen molar-refractivity contribution in [1.82, 2.24) is 14.7 Å². The Morgan fingerprint density at radius 2 is 1.68 bits per heavy atom. The lowest BCUT2D eigenvalue weighted by molar-refractivity contribution is -0.138. The Hall–Kier alpha value is -4.27. The number of carbonyl (C=O) groups is 1. The van der Waals surface area contributed by atoms with Gasteiger partial charge in [0.2, 0.25) is 5.91 Å². The number of anilines is 1. The fraction of sp³-hybridized carbons (Fsp3) is 0.241. The van der Waals surface area contributed by atoms with Crippen molar-refractivity contribution in [1.29, 1.82) is 0 Å². The van der Waals surface area contributed by atoms with Crippen molar-refractivity contribution in [3.05, 3.63) is 114 Å². The molecule has 1 amide bonds. The second-order valence-corrected chi connectivity index (χ2v) is 9.22. The smallest absolute Gasteiger partial charge is 0.419 e. The van der Waals surface area contributed by atoms with E-state index >= 15 is 0 Å². The molecule has 0 fully saturated rings. The molecule has 4 aromatic rings. The highest BCUT2D eigenvalue weighted by molar-refractivity contribution is 5.76. The number of nitrogens with zero attached hydrogens (tertiary/aromatic N) is 3. The number of hydrogen-bond donors (Lipinski definition) is 1. The zero-order valence-corrected chi connectivity index (χ0v) is 20.6. The predicted molar refractivity (Wildman–Crippen MR) is 137 cm³/mol. The van der Waals surface area contributed by atoms with E-state index in [9.17, 15) is 18.0 Å². The highest BCUT2D eigenvalue weighted by Crippen LogP contribution is 2.29. The highest BCUT2D eigenvalue weighted by atomic mass is 19.4. The lowest BCUT2D eigenvalue weighted by Crippen LogP contribution is -2.46. The molecule has 0 unspecified atom stereocenters. The van der Waals surface area contributed by atoms with E-state index in [1.807, 2.05) is 78.9 Å². The fourth-order valence-corrected chi connectivity index (χ4v) is 4.57. The number of halogens is 3. The normalized spacial score (nSPS) is 15.9. The molecule has 38 heavy (non-hydrogen) atoms. The predicted octanol–water partition coefficient (Wildman–Crippen LogP) is 5.55. The molecule has 1 aliphatic heterocycles. The van der Waals surface area contributed by atoms with Gasteiger partial charge in [-0.05, 0) is 29.7 Å². The molecule has 1 aliphatic rings. The van der Waals surface area contributed by atoms with Crippen LogP contribution in [0.25, 0.3) is 0 Å². The highest BCUT2D eigenvalue weighted by Gasteiger charge is 2.33. The van der Waals surface area contributed by atoms with Crippen LogP contribution < -0.4 is 10.1 Å². The van der Waals surface area contributed by atoms with Crippen LogP contribution in [-0.4, -0.2) is 33.2 Å². The average molecular weight is 521 g/mol. The van der Waals surface area contributed by atoms with Gasteiger partial charge in [-0.25, -0.2) is 0 Å². The van der Waals surface area contributed by atoms with Crippen LogP contribution in [0.5, 0.6) is 5.75 Å². The largest absolute Gasteiger partial charge is 0.491 e. The third-order valence-electron chi connectivity index (χ3n) is 6.56. The van der Waals surface area contributed by atoms with Gasteiger partial charge in [0.05, 0.1) is 17.8 Å². The first-order valence-electron chi connectivity index (χ1n) is 12.3. The Morgan fingerprint density at radius 1 is 0.974 bits per heavy atom. The average Bonchev–Trinajstić information content (AvgIpc) is 3.38. The molecule has 1 atom stereocenters. The monoisotopic (exact) mass is 520 g/mol. The molecule has 0 spiro atoms. The third kappa shape index (κ3) is 5.99. The first-order chi connectivity index (χ1) is 18.4. The van der Waals surface area contributed by atoms with Gasteiger partial charge in [0.15, 0.2) is 0 Å². The Balaban J connectivity index is 1.52. The summed E-state index contributed by atoms with van der Waals surface area (Å²) >= 11 is 0. The van der Waals surface area contributed by atoms with Crippen molar-refractivity contribution in [2.45, 2.75) is 38.3 Å². The second-order valence-electron chi connectivity index (χ2n) is 9.22. The molecule has 196 valence electrons. The maximum atomic E-state index is 13.7. The number of alkyl halides is 3. The Morgan fingerprint density at radius 3 is 2.45 bits per heavy atom. The number of para-hydroxylation sites is 2. The number of hydrogen-bond acceptors (Lipinski definition) is 4. The maximum absolute atomic E-state index is 13.7. The number of amides is 1. The van der Waals surface area contributed by atoms with Gasteiger partial charge in [0, 0.05) is 30.5 Å². The standard InChI is InChI=1S/C29H27F3N4O2/c30-29(31,32)24-16-34-35(18-24)19-28(37)36-17-23-11-4-6-12-26(23)33-15-22-10-5-7-13-27(22)38-20-25(36)14-21-8-2-1-3-9-21/h1-13,16,18,25,33H,14-15,17,19-20H2/t25-/m0/s1. The van der Waals surface area contributed by atoms with Gasteiger partial charge in [-0.1, -0.05) is 66.7 Å². The van der Waals surface area contributed by atoms with Crippen molar-refractivity contribution < 1.29 is 22.7 Å². The summed E-state index contributed by atoms with van der Waals surface area (Å²) in [6, 6.07) is 24.8. The zero-order valence-electron chi connectivity index (χ0n) is 20.6. The minimum Gasteiger partial charge on any atom is -0.491 e. The number of rotatable bonds is 4. The summed E-state index contributed by atoms with van der Waals surface area (Å²) < 4.78 is 46.7. The van der Waals surface area contributed by atoms with E-state index < -0.39 is 11.7 Å². The molecule has 0 bridgehead atoms. The molecule has 1 aromatic heterocycles. The molecule has 5 rings (SSSR count). The van der Waals surface area contributed by atoms with Gasteiger partial charge < -0.3 is 15.0 Å². The number of ether oxygens (including phenoxy) is 1. The minimum absolute atomic E-state index is 0.215. The molecule has 0 aliphatic carbocycles. The van der Waals surface area contributed by atoms with Crippen molar-refractivity contribution >= 4 is 11.6 Å². The van der Waals surface area contributed by atoms with Crippen LogP contribution >= 0.6 is 0 Å². The van der Waals surface area contributed by atoms with E-state index in [0.29, 0.717) is 18.7 Å². The number of aromatic nitrogens is 2. The van der Waals surface area contributed by atoms with Crippen LogP contribution in [0.2, 0.25) is 0 Å². The Labute approximate surface area is 218 Å². The lowest BCUT2D eigenvalue weighted by atomic mass is 10.0. The summed E-state index contributed by atoms with van der Waals surface area (Å²) in [5, 5.41) is 7.25. The SMILES string of the molecule is O=C(Cn1cc(C(F)(F)F)cn1)N1Cc2ccccc2NCc2ccccc2OC[C@@H]1Cc1ccccc1. The zero-order chi connectivity index (χ0) is 26.5. The van der Waals surface area contributed by atoms with Gasteiger partial charge in [-0.15, -0.1) is 0 Å². The molecule has 0 saturated heterocycles. The first kappa shape index (κ1) is 25.4. The quantitative estimate of drug-likeness (QED) is 0.384. The summed E-state index contributed by atoms with van der Waals surface area (Å²) in [7, 11) is 0. The van der Waals surface area contributed by atoms with E-state index in [4.69, 9.17) is 4.74 Å². The van der Waals surface area contributed by atoms with E-state index in [0.717, 1.165) is 39.5 Å². The molecular formula is C29H27F3N4O2. The molecule has 9 heteroatoms. The van der Waals surface area contributed by atoms with Crippen molar-refractivity contribution in [2.24, 2.45) is 0 Å². The summed E-state index contributed by atoms with van der Waals surface area (Å²) in [5.74, 6) is 0.362. The Bertz CT molecular complexity index is 1390. The molecular weight excluding hydrogens is 493 g/mol. The van der Waals surface area contributed by atoms with Crippen molar-refractivity contribution in [2.75, 3.05) is 11.9 Å². The first-order valence-corrected chi connectivity index (χ1v) is 12.3. The third-order valence-corrected chi connectivity index (χ3v) is 6.56. The second kappa shape index (κ2) is 11.0. The molecule has 6 nitrogen and oxygen atoms in total. The van der Waals surface area contributed by atoms with Crippen LogP contribution in [0.15, 0.2) is 91.3 Å². The molecule has 0 radical (unpaired) electrons. The van der Waals surface area contributed by atoms with Gasteiger partial charge >= 0.3 is 6.18 Å². The molecule has 1 N–H and O–H groups in total. The minimum atomic E-state index is -4.53. The number of nitrogens with one attached hydrogen (secondary N) is 1. The van der Waals surface area contributed by atoms with Crippen molar-refractivity contribution in [3.63, 3.8) is 0 Å². The lowest BCUT2D eigenvalue weighted by Gasteiger charge is -2.32. The van der Waals surface area contributed by atoms with Crippen LogP contribution in [0.1, 0.15) is 22.3 Å². The summed E-state index contributed by atoms with van der Waals surface area (Å²) in [6.45, 7) is 0.685. The van der Waals surface area contributed by atoms with Gasteiger partial charge in [0.1, 0.15) is 18.9 Å². The van der Waals surface area contributed by atoms with Gasteiger partial charge in [-0.2, -0.15) is 18.3 Å². The van der Waals surface area contributed by atoms with Gasteiger partial charge in [0.25, 0.3) is 0 Å². The molecule has 0 saturated carbocycles. The number of fused-ring (bicyclic) bond motifs is 2. The van der Waals surface area contributed by atoms with Crippen LogP contribution in [-0.2, 0) is 37.0 Å². The summed E-state index contributed by atoms with van der Waals surface area (Å²) in [5.41, 5.74) is 2.88. The van der Waals surface area contributed by atoms with Crippen LogP contribution in [0.3, 0.4) is 0 Å². The Kier molecular flexibility index (Phi) is 7.35. The van der Waals surface area contributed by atoms with Crippen LogP contribution in [0.4, 0.5) is 18.9 Å². The summed E-state index contributed by atoms with van der Waals surface area (Å²) in [4.78, 5) is 15.4. The van der Waals surface area contributed by atoms with Crippen LogP contribution in [0, 0.1) is 0 Å². The topological polar surface area (TPSA) is 59.4 Å². The van der Waals surface area contributed by atoms with E-state index in [1.54, 1.807) is 4.90 Å². The number of carbonyl (C=O) groups excluding carboxylic acids is 1. The van der Waals surface area contributed by atoms with E-state index in [2.05, 4.69) is 10.4 Å².